The highest BCUT2D eigenvalue weighted by Gasteiger charge is 2.22. The molecule has 4 nitrogen and oxygen atoms in total. The Balaban J connectivity index is 1.67. The van der Waals surface area contributed by atoms with E-state index < -0.39 is 0 Å². The second-order valence-electron chi connectivity index (χ2n) is 5.52. The summed E-state index contributed by atoms with van der Waals surface area (Å²) in [6.07, 6.45) is 0.817. The second kappa shape index (κ2) is 6.72. The predicted octanol–water partition coefficient (Wildman–Crippen LogP) is 3.24. The van der Waals surface area contributed by atoms with Crippen LogP contribution in [0.2, 0.25) is 5.02 Å². The largest absolute Gasteiger partial charge is 0.347 e. The van der Waals surface area contributed by atoms with Gasteiger partial charge >= 0.3 is 0 Å². The molecule has 2 amide bonds. The van der Waals surface area contributed by atoms with Crippen LogP contribution in [0.5, 0.6) is 0 Å². The summed E-state index contributed by atoms with van der Waals surface area (Å²) in [5.74, 6) is -0.0229. The van der Waals surface area contributed by atoms with Gasteiger partial charge in [0.25, 0.3) is 5.91 Å². The fourth-order valence-corrected chi connectivity index (χ4v) is 3.90. The Morgan fingerprint density at radius 2 is 2.13 bits per heavy atom. The topological polar surface area (TPSA) is 49.4 Å². The molecule has 2 heterocycles. The van der Waals surface area contributed by atoms with E-state index in [2.05, 4.69) is 5.32 Å². The number of hydrogen-bond donors (Lipinski definition) is 1. The van der Waals surface area contributed by atoms with E-state index in [9.17, 15) is 9.59 Å². The van der Waals surface area contributed by atoms with Gasteiger partial charge in [-0.3, -0.25) is 9.59 Å². The number of halogens is 1. The number of nitrogens with zero attached hydrogens (tertiary/aromatic N) is 1. The van der Waals surface area contributed by atoms with E-state index >= 15 is 0 Å². The Morgan fingerprint density at radius 1 is 1.35 bits per heavy atom. The predicted molar refractivity (Wildman–Crippen MR) is 91.7 cm³/mol. The van der Waals surface area contributed by atoms with E-state index in [1.165, 1.54) is 16.2 Å². The third-order valence-corrected chi connectivity index (χ3v) is 5.54. The lowest BCUT2D eigenvalue weighted by Crippen LogP contribution is -2.33. The standard InChI is InChI=1S/C17H17ClN2O2S/c1-11(21)20-7-6-15-13(10-20)8-16(23-15)17(22)19-9-12-4-2-3-5-14(12)18/h2-5,8H,6-7,9-10H2,1H3,(H,19,22). The fraction of sp³-hybridized carbons (Fsp3) is 0.294. The number of nitrogens with one attached hydrogen (secondary N) is 1. The van der Waals surface area contributed by atoms with Crippen LogP contribution < -0.4 is 5.32 Å². The number of carbonyl (C=O) groups excluding carboxylic acids is 2. The first kappa shape index (κ1) is 16.0. The second-order valence-corrected chi connectivity index (χ2v) is 7.07. The summed E-state index contributed by atoms with van der Waals surface area (Å²) in [5, 5.41) is 3.55. The van der Waals surface area contributed by atoms with E-state index in [1.807, 2.05) is 30.3 Å². The molecular weight excluding hydrogens is 332 g/mol. The number of benzene rings is 1. The first-order valence-corrected chi connectivity index (χ1v) is 8.62. The smallest absolute Gasteiger partial charge is 0.261 e. The Labute approximate surface area is 144 Å². The number of fused-ring (bicyclic) bond motifs is 1. The van der Waals surface area contributed by atoms with Crippen molar-refractivity contribution in [3.05, 3.63) is 56.2 Å². The van der Waals surface area contributed by atoms with Crippen LogP contribution in [0.3, 0.4) is 0 Å². The molecule has 0 saturated heterocycles. The van der Waals surface area contributed by atoms with Gasteiger partial charge in [-0.2, -0.15) is 0 Å². The van der Waals surface area contributed by atoms with E-state index in [0.717, 1.165) is 24.1 Å². The van der Waals surface area contributed by atoms with Crippen molar-refractivity contribution >= 4 is 34.8 Å². The molecule has 6 heteroatoms. The molecule has 0 fully saturated rings. The lowest BCUT2D eigenvalue weighted by atomic mass is 10.1. The SMILES string of the molecule is CC(=O)N1CCc2sc(C(=O)NCc3ccccc3Cl)cc2C1. The zero-order chi connectivity index (χ0) is 16.4. The fourth-order valence-electron chi connectivity index (χ4n) is 2.62. The summed E-state index contributed by atoms with van der Waals surface area (Å²) >= 11 is 7.61. The Kier molecular flexibility index (Phi) is 4.68. The van der Waals surface area contributed by atoms with Gasteiger partial charge in [-0.15, -0.1) is 11.3 Å². The average molecular weight is 349 g/mol. The van der Waals surface area contributed by atoms with Crippen LogP contribution in [-0.2, 0) is 24.3 Å². The van der Waals surface area contributed by atoms with Crippen LogP contribution in [0.1, 0.15) is 32.6 Å². The maximum Gasteiger partial charge on any atom is 0.261 e. The molecular formula is C17H17ClN2O2S. The van der Waals surface area contributed by atoms with Crippen molar-refractivity contribution in [2.45, 2.75) is 26.4 Å². The first-order valence-electron chi connectivity index (χ1n) is 7.43. The first-order chi connectivity index (χ1) is 11.0. The van der Waals surface area contributed by atoms with Crippen molar-refractivity contribution in [3.8, 4) is 0 Å². The van der Waals surface area contributed by atoms with Crippen molar-refractivity contribution in [3.63, 3.8) is 0 Å². The molecule has 120 valence electrons. The zero-order valence-electron chi connectivity index (χ0n) is 12.8. The molecule has 1 aliphatic rings. The van der Waals surface area contributed by atoms with Gasteiger partial charge in [-0.25, -0.2) is 0 Å². The van der Waals surface area contributed by atoms with Gasteiger partial charge in [0.1, 0.15) is 0 Å². The molecule has 1 N–H and O–H groups in total. The Morgan fingerprint density at radius 3 is 2.87 bits per heavy atom. The molecule has 2 aromatic rings. The monoisotopic (exact) mass is 348 g/mol. The molecule has 0 spiro atoms. The summed E-state index contributed by atoms with van der Waals surface area (Å²) < 4.78 is 0. The summed E-state index contributed by atoms with van der Waals surface area (Å²) in [6.45, 7) is 3.30. The summed E-state index contributed by atoms with van der Waals surface area (Å²) in [5.41, 5.74) is 1.98. The number of thiophene rings is 1. The Bertz CT molecular complexity index is 757. The van der Waals surface area contributed by atoms with Crippen LogP contribution >= 0.6 is 22.9 Å². The molecule has 3 rings (SSSR count). The number of hydrogen-bond acceptors (Lipinski definition) is 3. The highest BCUT2D eigenvalue weighted by molar-refractivity contribution is 7.14. The van der Waals surface area contributed by atoms with Gasteiger partial charge in [0.15, 0.2) is 0 Å². The number of rotatable bonds is 3. The molecule has 0 radical (unpaired) electrons. The Hall–Kier alpha value is -1.85. The van der Waals surface area contributed by atoms with Crippen molar-refractivity contribution in [1.29, 1.82) is 0 Å². The van der Waals surface area contributed by atoms with Crippen LogP contribution in [0.25, 0.3) is 0 Å². The lowest BCUT2D eigenvalue weighted by molar-refractivity contribution is -0.129. The van der Waals surface area contributed by atoms with Gasteiger partial charge in [0.2, 0.25) is 5.91 Å². The minimum absolute atomic E-state index is 0.0755. The van der Waals surface area contributed by atoms with Crippen molar-refractivity contribution < 1.29 is 9.59 Å². The highest BCUT2D eigenvalue weighted by Crippen LogP contribution is 2.28. The van der Waals surface area contributed by atoms with Gasteiger partial charge in [-0.1, -0.05) is 29.8 Å². The lowest BCUT2D eigenvalue weighted by Gasteiger charge is -2.25. The summed E-state index contributed by atoms with van der Waals surface area (Å²) in [7, 11) is 0. The molecule has 0 saturated carbocycles. The van der Waals surface area contributed by atoms with Gasteiger partial charge in [0, 0.05) is 36.5 Å². The van der Waals surface area contributed by atoms with Crippen molar-refractivity contribution in [2.75, 3.05) is 6.54 Å². The van der Waals surface area contributed by atoms with E-state index in [-0.39, 0.29) is 11.8 Å². The minimum atomic E-state index is -0.0984. The minimum Gasteiger partial charge on any atom is -0.347 e. The van der Waals surface area contributed by atoms with Crippen LogP contribution in [0.4, 0.5) is 0 Å². The molecule has 1 aromatic carbocycles. The zero-order valence-corrected chi connectivity index (χ0v) is 14.3. The molecule has 0 bridgehead atoms. The van der Waals surface area contributed by atoms with E-state index in [4.69, 9.17) is 11.6 Å². The highest BCUT2D eigenvalue weighted by atomic mass is 35.5. The number of amides is 2. The molecule has 1 aliphatic heterocycles. The van der Waals surface area contributed by atoms with Gasteiger partial charge in [-0.05, 0) is 29.7 Å². The third-order valence-electron chi connectivity index (χ3n) is 3.93. The third kappa shape index (κ3) is 3.57. The quantitative estimate of drug-likeness (QED) is 0.925. The summed E-state index contributed by atoms with van der Waals surface area (Å²) in [6, 6.07) is 9.36. The molecule has 1 aromatic heterocycles. The molecule has 0 atom stereocenters. The van der Waals surface area contributed by atoms with Crippen molar-refractivity contribution in [2.24, 2.45) is 0 Å². The van der Waals surface area contributed by atoms with Crippen molar-refractivity contribution in [1.82, 2.24) is 10.2 Å². The molecule has 0 unspecified atom stereocenters. The average Bonchev–Trinajstić information content (AvgIpc) is 2.97. The normalized spacial score (nSPS) is 13.6. The maximum atomic E-state index is 12.3. The van der Waals surface area contributed by atoms with Crippen LogP contribution in [0.15, 0.2) is 30.3 Å². The van der Waals surface area contributed by atoms with E-state index in [0.29, 0.717) is 23.0 Å². The number of carbonyl (C=O) groups is 2. The van der Waals surface area contributed by atoms with Crippen LogP contribution in [0, 0.1) is 0 Å². The van der Waals surface area contributed by atoms with E-state index in [1.54, 1.807) is 11.8 Å². The maximum absolute atomic E-state index is 12.3. The van der Waals surface area contributed by atoms with Gasteiger partial charge < -0.3 is 10.2 Å². The molecule has 23 heavy (non-hydrogen) atoms. The summed E-state index contributed by atoms with van der Waals surface area (Å²) in [4.78, 5) is 27.5. The van der Waals surface area contributed by atoms with Crippen LogP contribution in [-0.4, -0.2) is 23.3 Å². The molecule has 0 aliphatic carbocycles. The van der Waals surface area contributed by atoms with Gasteiger partial charge in [0.05, 0.1) is 4.88 Å².